The topological polar surface area (TPSA) is 77.2 Å². The molecule has 0 unspecified atom stereocenters. The molecule has 1 N–H and O–H groups in total. The molecular formula is C20H21N3O3. The van der Waals surface area contributed by atoms with Crippen molar-refractivity contribution in [2.45, 2.75) is 19.3 Å². The number of nitrogens with one attached hydrogen (secondary N) is 1. The highest BCUT2D eigenvalue weighted by Gasteiger charge is 2.10. The molecule has 134 valence electrons. The van der Waals surface area contributed by atoms with E-state index in [1.807, 2.05) is 54.6 Å². The molecule has 0 saturated carbocycles. The third kappa shape index (κ3) is 4.69. The van der Waals surface area contributed by atoms with E-state index in [1.54, 1.807) is 7.11 Å². The van der Waals surface area contributed by atoms with Gasteiger partial charge < -0.3 is 14.5 Å². The molecule has 1 aromatic heterocycles. The normalized spacial score (nSPS) is 10.5. The molecule has 0 atom stereocenters. The van der Waals surface area contributed by atoms with Crippen LogP contribution in [0.25, 0.3) is 11.5 Å². The van der Waals surface area contributed by atoms with E-state index in [0.29, 0.717) is 37.6 Å². The van der Waals surface area contributed by atoms with Crippen molar-refractivity contribution in [3.8, 4) is 17.2 Å². The number of methoxy groups -OCH3 is 1. The highest BCUT2D eigenvalue weighted by Crippen LogP contribution is 2.18. The predicted molar refractivity (Wildman–Crippen MR) is 97.8 cm³/mol. The molecule has 6 nitrogen and oxygen atoms in total. The molecule has 0 aliphatic carbocycles. The van der Waals surface area contributed by atoms with Gasteiger partial charge in [-0.25, -0.2) is 0 Å². The Hall–Kier alpha value is -3.15. The molecule has 0 spiro atoms. The summed E-state index contributed by atoms with van der Waals surface area (Å²) in [5.74, 6) is 1.72. The zero-order valence-corrected chi connectivity index (χ0v) is 14.6. The van der Waals surface area contributed by atoms with E-state index in [-0.39, 0.29) is 5.91 Å². The molecule has 26 heavy (non-hydrogen) atoms. The second-order valence-corrected chi connectivity index (χ2v) is 5.78. The zero-order valence-electron chi connectivity index (χ0n) is 14.6. The fraction of sp³-hybridized carbons (Fsp3) is 0.250. The Morgan fingerprint density at radius 2 is 1.81 bits per heavy atom. The first-order valence-electron chi connectivity index (χ1n) is 8.52. The molecule has 0 saturated heterocycles. The molecule has 3 aromatic rings. The van der Waals surface area contributed by atoms with Gasteiger partial charge in [-0.05, 0) is 30.2 Å². The molecule has 0 aliphatic rings. The Morgan fingerprint density at radius 3 is 2.62 bits per heavy atom. The van der Waals surface area contributed by atoms with Crippen LogP contribution in [0, 0.1) is 0 Å². The average Bonchev–Trinajstić information content (AvgIpc) is 3.16. The lowest BCUT2D eigenvalue weighted by atomic mass is 10.1. The van der Waals surface area contributed by atoms with Crippen LogP contribution in [0.4, 0.5) is 0 Å². The van der Waals surface area contributed by atoms with Crippen molar-refractivity contribution in [3.63, 3.8) is 0 Å². The van der Waals surface area contributed by atoms with E-state index in [9.17, 15) is 4.79 Å². The second kappa shape index (κ2) is 8.80. The third-order valence-corrected chi connectivity index (χ3v) is 3.96. The summed E-state index contributed by atoms with van der Waals surface area (Å²) in [7, 11) is 1.64. The van der Waals surface area contributed by atoms with Crippen LogP contribution in [0.3, 0.4) is 0 Å². The van der Waals surface area contributed by atoms with Gasteiger partial charge in [0.05, 0.1) is 7.11 Å². The third-order valence-electron chi connectivity index (χ3n) is 3.96. The largest absolute Gasteiger partial charge is 0.496 e. The zero-order chi connectivity index (χ0) is 18.2. The van der Waals surface area contributed by atoms with E-state index >= 15 is 0 Å². The summed E-state index contributed by atoms with van der Waals surface area (Å²) < 4.78 is 10.9. The average molecular weight is 351 g/mol. The number of carbonyl (C=O) groups excluding carboxylic acids is 1. The summed E-state index contributed by atoms with van der Waals surface area (Å²) >= 11 is 0. The summed E-state index contributed by atoms with van der Waals surface area (Å²) in [4.78, 5) is 12.0. The Kier molecular flexibility index (Phi) is 5.98. The molecule has 0 fully saturated rings. The standard InChI is InChI=1S/C20H21N3O3/c1-25-17-10-6-5-7-15(17)13-14-21-18(24)11-12-19-22-23-20(26-19)16-8-3-2-4-9-16/h2-10H,11-14H2,1H3,(H,21,24). The minimum absolute atomic E-state index is 0.0423. The highest BCUT2D eigenvalue weighted by molar-refractivity contribution is 5.76. The van der Waals surface area contributed by atoms with Crippen LogP contribution in [-0.4, -0.2) is 29.8 Å². The van der Waals surface area contributed by atoms with Gasteiger partial charge in [-0.3, -0.25) is 4.79 Å². The molecule has 0 radical (unpaired) electrons. The maximum atomic E-state index is 12.0. The molecule has 2 aromatic carbocycles. The number of amides is 1. The summed E-state index contributed by atoms with van der Waals surface area (Å²) in [6.45, 7) is 0.554. The minimum Gasteiger partial charge on any atom is -0.496 e. The summed E-state index contributed by atoms with van der Waals surface area (Å²) in [6, 6.07) is 17.4. The number of benzene rings is 2. The van der Waals surface area contributed by atoms with Crippen molar-refractivity contribution < 1.29 is 13.9 Å². The van der Waals surface area contributed by atoms with Crippen molar-refractivity contribution >= 4 is 5.91 Å². The maximum Gasteiger partial charge on any atom is 0.247 e. The Bertz CT molecular complexity index is 846. The van der Waals surface area contributed by atoms with Crippen molar-refractivity contribution in [2.75, 3.05) is 13.7 Å². The van der Waals surface area contributed by atoms with Crippen LogP contribution in [0.2, 0.25) is 0 Å². The Balaban J connectivity index is 1.44. The highest BCUT2D eigenvalue weighted by atomic mass is 16.5. The lowest BCUT2D eigenvalue weighted by Crippen LogP contribution is -2.26. The van der Waals surface area contributed by atoms with Crippen LogP contribution < -0.4 is 10.1 Å². The number of hydrogen-bond acceptors (Lipinski definition) is 5. The number of carbonyl (C=O) groups is 1. The molecule has 3 rings (SSSR count). The summed E-state index contributed by atoms with van der Waals surface area (Å²) in [5, 5.41) is 10.9. The summed E-state index contributed by atoms with van der Waals surface area (Å²) in [6.07, 6.45) is 1.44. The van der Waals surface area contributed by atoms with Crippen molar-refractivity contribution in [3.05, 3.63) is 66.1 Å². The number of hydrogen-bond donors (Lipinski definition) is 1. The first kappa shape index (κ1) is 17.7. The number of aryl methyl sites for hydroxylation is 1. The Labute approximate surface area is 152 Å². The van der Waals surface area contributed by atoms with Gasteiger partial charge in [-0.1, -0.05) is 36.4 Å². The molecule has 0 aliphatic heterocycles. The van der Waals surface area contributed by atoms with Crippen molar-refractivity contribution in [1.82, 2.24) is 15.5 Å². The minimum atomic E-state index is -0.0423. The van der Waals surface area contributed by atoms with Gasteiger partial charge in [0.15, 0.2) is 0 Å². The predicted octanol–water partition coefficient (Wildman–Crippen LogP) is 3.04. The van der Waals surface area contributed by atoms with Crippen LogP contribution in [-0.2, 0) is 17.6 Å². The van der Waals surface area contributed by atoms with Gasteiger partial charge in [-0.15, -0.1) is 10.2 Å². The fourth-order valence-electron chi connectivity index (χ4n) is 2.61. The first-order chi connectivity index (χ1) is 12.8. The Morgan fingerprint density at radius 1 is 1.04 bits per heavy atom. The molecule has 1 amide bonds. The SMILES string of the molecule is COc1ccccc1CCNC(=O)CCc1nnc(-c2ccccc2)o1. The smallest absolute Gasteiger partial charge is 0.247 e. The van der Waals surface area contributed by atoms with Gasteiger partial charge in [0, 0.05) is 24.9 Å². The second-order valence-electron chi connectivity index (χ2n) is 5.78. The number of nitrogens with zero attached hydrogens (tertiary/aromatic N) is 2. The van der Waals surface area contributed by atoms with Crippen LogP contribution in [0.15, 0.2) is 59.0 Å². The number of aromatic nitrogens is 2. The van der Waals surface area contributed by atoms with E-state index in [1.165, 1.54) is 0 Å². The monoisotopic (exact) mass is 351 g/mol. The quantitative estimate of drug-likeness (QED) is 0.675. The van der Waals surface area contributed by atoms with E-state index in [2.05, 4.69) is 15.5 Å². The van der Waals surface area contributed by atoms with Crippen molar-refractivity contribution in [1.29, 1.82) is 0 Å². The van der Waals surface area contributed by atoms with Gasteiger partial charge in [0.1, 0.15) is 5.75 Å². The number of para-hydroxylation sites is 1. The maximum absolute atomic E-state index is 12.0. The van der Waals surface area contributed by atoms with Crippen LogP contribution in [0.1, 0.15) is 17.9 Å². The van der Waals surface area contributed by atoms with Gasteiger partial charge >= 0.3 is 0 Å². The molecule has 6 heteroatoms. The van der Waals surface area contributed by atoms with E-state index in [4.69, 9.17) is 9.15 Å². The molecular weight excluding hydrogens is 330 g/mol. The first-order valence-corrected chi connectivity index (χ1v) is 8.52. The van der Waals surface area contributed by atoms with E-state index < -0.39 is 0 Å². The van der Waals surface area contributed by atoms with Crippen LogP contribution in [0.5, 0.6) is 5.75 Å². The number of ether oxygens (including phenoxy) is 1. The lowest BCUT2D eigenvalue weighted by molar-refractivity contribution is -0.121. The van der Waals surface area contributed by atoms with Crippen molar-refractivity contribution in [2.24, 2.45) is 0 Å². The number of rotatable bonds is 8. The molecule has 1 heterocycles. The van der Waals surface area contributed by atoms with Gasteiger partial charge in [0.2, 0.25) is 17.7 Å². The molecule has 0 bridgehead atoms. The fourth-order valence-corrected chi connectivity index (χ4v) is 2.61. The van der Waals surface area contributed by atoms with Gasteiger partial charge in [0.25, 0.3) is 0 Å². The summed E-state index contributed by atoms with van der Waals surface area (Å²) in [5.41, 5.74) is 1.94. The van der Waals surface area contributed by atoms with Gasteiger partial charge in [-0.2, -0.15) is 0 Å². The lowest BCUT2D eigenvalue weighted by Gasteiger charge is -2.08. The van der Waals surface area contributed by atoms with Crippen LogP contribution >= 0.6 is 0 Å². The van der Waals surface area contributed by atoms with E-state index in [0.717, 1.165) is 16.9 Å².